The van der Waals surface area contributed by atoms with Crippen LogP contribution in [-0.2, 0) is 57.2 Å². The summed E-state index contributed by atoms with van der Waals surface area (Å²) in [5.41, 5.74) is 1.28. The Labute approximate surface area is 411 Å². The highest BCUT2D eigenvalue weighted by Crippen LogP contribution is 2.29. The molecule has 4 aromatic carbocycles. The number of rotatable bonds is 13. The molecule has 0 aliphatic heterocycles. The van der Waals surface area contributed by atoms with E-state index in [1.807, 2.05) is 0 Å². The fraction of sp³-hybridized carbons (Fsp3) is 0.245. The lowest BCUT2D eigenvalue weighted by Crippen LogP contribution is -2.09. The lowest BCUT2D eigenvalue weighted by atomic mass is 10.0. The van der Waals surface area contributed by atoms with E-state index >= 15 is 0 Å². The lowest BCUT2D eigenvalue weighted by molar-refractivity contribution is -0.133. The lowest BCUT2D eigenvalue weighted by Gasteiger charge is -2.09. The number of benzene rings is 4. The molecule has 0 bridgehead atoms. The molecule has 0 radical (unpaired) electrons. The second-order valence-corrected chi connectivity index (χ2v) is 13.5. The average molecular weight is 1010 g/mol. The van der Waals surface area contributed by atoms with E-state index in [1.165, 1.54) is 157 Å². The van der Waals surface area contributed by atoms with Gasteiger partial charge in [0.2, 0.25) is 0 Å². The zero-order valence-corrected chi connectivity index (χ0v) is 41.0. The molecule has 0 aliphatic rings. The van der Waals surface area contributed by atoms with Gasteiger partial charge < -0.3 is 56.8 Å². The van der Waals surface area contributed by atoms with Crippen molar-refractivity contribution in [2.45, 2.75) is 41.5 Å². The standard InChI is InChI=1S/C13H14O5.3C12H12O6/c1-8(16-2)9-5-10(12(14)17-3)7-11(6-9)13(15)18-4;1-7(13)18-10-5-8(11(14)16-2)4-9(6-10)12(15)17-3;1-7(13)17-10-4-9(12(15)16-3)5-11(6-10)18-8(2)14;1-7(13)16-10-4-11(17-8(2)14)6-12(5-10)18-9(3)15/h5-7H,1H2,2-4H3;3*4-6H,1-3H3. The fourth-order valence-corrected chi connectivity index (χ4v) is 5.15. The Kier molecular flexibility index (Phi) is 25.4. The molecule has 0 unspecified atom stereocenters. The molecule has 72 heavy (non-hydrogen) atoms. The van der Waals surface area contributed by atoms with E-state index in [0.717, 1.165) is 0 Å². The molecule has 0 saturated heterocycles. The van der Waals surface area contributed by atoms with E-state index < -0.39 is 65.7 Å². The summed E-state index contributed by atoms with van der Waals surface area (Å²) in [6.45, 7) is 11.0. The van der Waals surface area contributed by atoms with Crippen LogP contribution in [0.15, 0.2) is 79.4 Å². The van der Waals surface area contributed by atoms with Crippen molar-refractivity contribution in [3.63, 3.8) is 0 Å². The Bertz CT molecular complexity index is 2460. The van der Waals surface area contributed by atoms with Crippen LogP contribution in [0.1, 0.15) is 98.9 Å². The molecule has 0 spiro atoms. The molecule has 0 amide bonds. The highest BCUT2D eigenvalue weighted by atomic mass is 16.6. The van der Waals surface area contributed by atoms with Gasteiger partial charge in [0.15, 0.2) is 0 Å². The van der Waals surface area contributed by atoms with Gasteiger partial charge in [0.1, 0.15) is 40.3 Å². The summed E-state index contributed by atoms with van der Waals surface area (Å²) in [6, 6.07) is 16.4. The van der Waals surface area contributed by atoms with Crippen LogP contribution in [0, 0.1) is 0 Å². The minimum atomic E-state index is -0.644. The zero-order chi connectivity index (χ0) is 54.8. The Morgan fingerprint density at radius 1 is 0.264 bits per heavy atom. The smallest absolute Gasteiger partial charge is 0.338 e. The molecule has 0 atom stereocenters. The van der Waals surface area contributed by atoms with Gasteiger partial charge in [-0.05, 0) is 48.5 Å². The summed E-state index contributed by atoms with van der Waals surface area (Å²) < 4.78 is 56.8. The van der Waals surface area contributed by atoms with E-state index in [1.54, 1.807) is 0 Å². The van der Waals surface area contributed by atoms with Crippen molar-refractivity contribution >= 4 is 71.4 Å². The Morgan fingerprint density at radius 3 is 0.625 bits per heavy atom. The van der Waals surface area contributed by atoms with Crippen molar-refractivity contribution in [3.05, 3.63) is 113 Å². The molecular weight excluding hydrogens is 957 g/mol. The summed E-state index contributed by atoms with van der Waals surface area (Å²) in [6.07, 6.45) is 0. The third-order valence-corrected chi connectivity index (χ3v) is 7.82. The summed E-state index contributed by atoms with van der Waals surface area (Å²) in [7, 11) is 7.60. The largest absolute Gasteiger partial charge is 0.497 e. The summed E-state index contributed by atoms with van der Waals surface area (Å²) >= 11 is 0. The van der Waals surface area contributed by atoms with Gasteiger partial charge in [0, 0.05) is 71.4 Å². The molecular formula is C49H50O23. The number of methoxy groups -OCH3 is 6. The van der Waals surface area contributed by atoms with Gasteiger partial charge in [-0.1, -0.05) is 6.58 Å². The van der Waals surface area contributed by atoms with Crippen molar-refractivity contribution < 1.29 is 110 Å². The minimum Gasteiger partial charge on any atom is -0.497 e. The third-order valence-electron chi connectivity index (χ3n) is 7.82. The molecule has 23 heteroatoms. The Balaban J connectivity index is 0.000000480. The number of carbonyl (C=O) groups excluding carboxylic acids is 11. The minimum absolute atomic E-state index is 0.0748. The summed E-state index contributed by atoms with van der Waals surface area (Å²) in [5, 5.41) is 0. The van der Waals surface area contributed by atoms with E-state index in [9.17, 15) is 52.7 Å². The highest BCUT2D eigenvalue weighted by Gasteiger charge is 2.17. The van der Waals surface area contributed by atoms with Crippen LogP contribution in [0.2, 0.25) is 0 Å². The normalized spacial score (nSPS) is 9.50. The van der Waals surface area contributed by atoms with Gasteiger partial charge in [-0.25, -0.2) is 24.0 Å². The number of hydrogen-bond acceptors (Lipinski definition) is 23. The van der Waals surface area contributed by atoms with Gasteiger partial charge in [-0.15, -0.1) is 0 Å². The summed E-state index contributed by atoms with van der Waals surface area (Å²) in [4.78, 5) is 122. The van der Waals surface area contributed by atoms with Crippen LogP contribution in [0.4, 0.5) is 0 Å². The van der Waals surface area contributed by atoms with Crippen molar-refractivity contribution in [1.29, 1.82) is 0 Å². The van der Waals surface area contributed by atoms with Gasteiger partial charge in [-0.3, -0.25) is 28.8 Å². The van der Waals surface area contributed by atoms with Gasteiger partial charge in [0.25, 0.3) is 0 Å². The number of hydrogen-bond donors (Lipinski definition) is 0. The maximum atomic E-state index is 11.5. The molecule has 0 aliphatic carbocycles. The van der Waals surface area contributed by atoms with Crippen LogP contribution >= 0.6 is 0 Å². The average Bonchev–Trinajstić information content (AvgIpc) is 3.31. The second-order valence-electron chi connectivity index (χ2n) is 13.5. The first-order valence-electron chi connectivity index (χ1n) is 20.2. The molecule has 4 rings (SSSR count). The molecule has 23 nitrogen and oxygen atoms in total. The fourth-order valence-electron chi connectivity index (χ4n) is 5.15. The van der Waals surface area contributed by atoms with Crippen molar-refractivity contribution in [3.8, 4) is 34.5 Å². The van der Waals surface area contributed by atoms with Crippen LogP contribution in [-0.4, -0.2) is 108 Å². The van der Waals surface area contributed by atoms with E-state index in [0.29, 0.717) is 11.3 Å². The van der Waals surface area contributed by atoms with Crippen molar-refractivity contribution in [1.82, 2.24) is 0 Å². The molecule has 0 aromatic heterocycles. The predicted molar refractivity (Wildman–Crippen MR) is 246 cm³/mol. The molecule has 384 valence electrons. The van der Waals surface area contributed by atoms with Crippen molar-refractivity contribution in [2.24, 2.45) is 0 Å². The van der Waals surface area contributed by atoms with Crippen molar-refractivity contribution in [2.75, 3.05) is 42.7 Å². The first-order chi connectivity index (χ1) is 33.8. The zero-order valence-electron chi connectivity index (χ0n) is 41.0. The molecule has 0 saturated carbocycles. The quantitative estimate of drug-likeness (QED) is 0.0656. The Morgan fingerprint density at radius 2 is 0.431 bits per heavy atom. The highest BCUT2D eigenvalue weighted by molar-refractivity contribution is 5.97. The van der Waals surface area contributed by atoms with Crippen LogP contribution in [0.5, 0.6) is 34.5 Å². The molecule has 0 N–H and O–H groups in total. The first kappa shape index (κ1) is 60.6. The maximum Gasteiger partial charge on any atom is 0.338 e. The first-order valence-corrected chi connectivity index (χ1v) is 20.2. The van der Waals surface area contributed by atoms with Crippen LogP contribution in [0.25, 0.3) is 5.76 Å². The van der Waals surface area contributed by atoms with Gasteiger partial charge >= 0.3 is 65.7 Å². The number of carbonyl (C=O) groups is 11. The Hall–Kier alpha value is -9.41. The van der Waals surface area contributed by atoms with Gasteiger partial charge in [-0.2, -0.15) is 0 Å². The third kappa shape index (κ3) is 22.1. The predicted octanol–water partition coefficient (Wildman–Crippen LogP) is 5.85. The van der Waals surface area contributed by atoms with Crippen LogP contribution in [0.3, 0.4) is 0 Å². The maximum absolute atomic E-state index is 11.5. The van der Waals surface area contributed by atoms with Gasteiger partial charge in [0.05, 0.1) is 70.5 Å². The monoisotopic (exact) mass is 1010 g/mol. The molecule has 0 fully saturated rings. The molecule has 0 heterocycles. The SMILES string of the molecule is C=C(OC)c1cc(C(=O)OC)cc(C(=O)OC)c1.CC(=O)Oc1cc(OC(C)=O)cc(OC(C)=O)c1.COC(=O)c1cc(OC(C)=O)cc(C(=O)OC)c1.COC(=O)c1cc(OC(C)=O)cc(OC(C)=O)c1. The molecule has 4 aromatic rings. The summed E-state index contributed by atoms with van der Waals surface area (Å²) in [5.74, 6) is -5.31. The van der Waals surface area contributed by atoms with E-state index in [-0.39, 0.29) is 62.3 Å². The van der Waals surface area contributed by atoms with E-state index in [4.69, 9.17) is 33.2 Å². The number of esters is 11. The second kappa shape index (κ2) is 30.2. The van der Waals surface area contributed by atoms with Crippen LogP contribution < -0.4 is 28.4 Å². The number of ether oxygens (including phenoxy) is 12. The topological polar surface area (TPSA) is 299 Å². The van der Waals surface area contributed by atoms with E-state index in [2.05, 4.69) is 30.3 Å².